The zero-order valence-electron chi connectivity index (χ0n) is 14.8. The molecule has 3 heterocycles. The summed E-state index contributed by atoms with van der Waals surface area (Å²) in [6.45, 7) is 2.94. The summed E-state index contributed by atoms with van der Waals surface area (Å²) in [6.07, 6.45) is 5.60. The Morgan fingerprint density at radius 1 is 1.16 bits per heavy atom. The van der Waals surface area contributed by atoms with Crippen molar-refractivity contribution in [2.24, 2.45) is 0 Å². The number of carbonyl (C=O) groups is 3. The Labute approximate surface area is 148 Å². The summed E-state index contributed by atoms with van der Waals surface area (Å²) in [4.78, 5) is 39.4. The molecule has 6 nitrogen and oxygen atoms in total. The molecule has 0 N–H and O–H groups in total. The fourth-order valence-electron chi connectivity index (χ4n) is 3.69. The van der Waals surface area contributed by atoms with E-state index in [4.69, 9.17) is 4.42 Å². The molecule has 0 bridgehead atoms. The maximum atomic E-state index is 12.8. The molecule has 0 radical (unpaired) electrons. The lowest BCUT2D eigenvalue weighted by molar-refractivity contribution is -0.140. The second kappa shape index (κ2) is 7.85. The second-order valence-electron chi connectivity index (χ2n) is 6.80. The zero-order chi connectivity index (χ0) is 17.8. The second-order valence-corrected chi connectivity index (χ2v) is 6.80. The number of rotatable bonds is 5. The van der Waals surface area contributed by atoms with E-state index in [2.05, 4.69) is 0 Å². The minimum atomic E-state index is -0.163. The quantitative estimate of drug-likeness (QED) is 0.769. The van der Waals surface area contributed by atoms with Crippen LogP contribution in [0.2, 0.25) is 0 Å². The van der Waals surface area contributed by atoms with Gasteiger partial charge in [-0.15, -0.1) is 0 Å². The average molecular weight is 346 g/mol. The van der Waals surface area contributed by atoms with E-state index in [1.165, 1.54) is 4.90 Å². The number of likely N-dealkylation sites (tertiary alicyclic amines) is 2. The molecule has 0 aromatic carbocycles. The van der Waals surface area contributed by atoms with Gasteiger partial charge in [0.15, 0.2) is 0 Å². The van der Waals surface area contributed by atoms with Crippen LogP contribution >= 0.6 is 0 Å². The van der Waals surface area contributed by atoms with Crippen LogP contribution in [0.3, 0.4) is 0 Å². The Hall–Kier alpha value is -2.11. The van der Waals surface area contributed by atoms with Gasteiger partial charge in [-0.2, -0.15) is 0 Å². The van der Waals surface area contributed by atoms with Gasteiger partial charge in [0.2, 0.25) is 17.7 Å². The van der Waals surface area contributed by atoms with Gasteiger partial charge in [-0.3, -0.25) is 19.3 Å². The molecular formula is C19H26N2O4. The minimum Gasteiger partial charge on any atom is -0.464 e. The number of furan rings is 1. The largest absolute Gasteiger partial charge is 0.464 e. The number of amides is 3. The number of hydrogen-bond acceptors (Lipinski definition) is 4. The van der Waals surface area contributed by atoms with Gasteiger partial charge in [0.25, 0.3) is 0 Å². The summed E-state index contributed by atoms with van der Waals surface area (Å²) in [5, 5.41) is 0. The predicted molar refractivity (Wildman–Crippen MR) is 91.6 cm³/mol. The van der Waals surface area contributed by atoms with E-state index < -0.39 is 0 Å². The molecule has 0 aliphatic carbocycles. The smallest absolute Gasteiger partial charge is 0.229 e. The highest BCUT2D eigenvalue weighted by atomic mass is 16.3. The van der Waals surface area contributed by atoms with E-state index >= 15 is 0 Å². The predicted octanol–water partition coefficient (Wildman–Crippen LogP) is 2.82. The van der Waals surface area contributed by atoms with Crippen molar-refractivity contribution >= 4 is 17.7 Å². The number of imide groups is 1. The molecule has 0 unspecified atom stereocenters. The van der Waals surface area contributed by atoms with Crippen LogP contribution in [0, 0.1) is 0 Å². The van der Waals surface area contributed by atoms with Crippen LogP contribution in [0.25, 0.3) is 0 Å². The highest BCUT2D eigenvalue weighted by Gasteiger charge is 2.32. The molecule has 1 aromatic rings. The van der Waals surface area contributed by atoms with Crippen molar-refractivity contribution in [1.82, 2.24) is 9.80 Å². The molecule has 0 saturated carbocycles. The molecule has 0 spiro atoms. The lowest BCUT2D eigenvalue weighted by atomic mass is 10.1. The van der Waals surface area contributed by atoms with Crippen molar-refractivity contribution in [2.45, 2.75) is 64.3 Å². The molecule has 1 atom stereocenters. The Morgan fingerprint density at radius 2 is 1.92 bits per heavy atom. The molecule has 3 amide bonds. The van der Waals surface area contributed by atoms with Crippen LogP contribution in [0.15, 0.2) is 16.5 Å². The first kappa shape index (κ1) is 17.7. The molecule has 25 heavy (non-hydrogen) atoms. The molecule has 2 saturated heterocycles. The van der Waals surface area contributed by atoms with Crippen molar-refractivity contribution in [3.63, 3.8) is 0 Å². The van der Waals surface area contributed by atoms with Gasteiger partial charge in [-0.1, -0.05) is 19.8 Å². The highest BCUT2D eigenvalue weighted by Crippen LogP contribution is 2.32. The molecule has 136 valence electrons. The number of aryl methyl sites for hydroxylation is 1. The van der Waals surface area contributed by atoms with E-state index in [0.29, 0.717) is 6.54 Å². The van der Waals surface area contributed by atoms with Crippen molar-refractivity contribution < 1.29 is 18.8 Å². The number of carbonyl (C=O) groups excluding carboxylic acids is 3. The fourth-order valence-corrected chi connectivity index (χ4v) is 3.69. The summed E-state index contributed by atoms with van der Waals surface area (Å²) >= 11 is 0. The van der Waals surface area contributed by atoms with Crippen LogP contribution in [0.5, 0.6) is 0 Å². The first-order chi connectivity index (χ1) is 12.1. The molecule has 2 aliphatic heterocycles. The van der Waals surface area contributed by atoms with Gasteiger partial charge >= 0.3 is 0 Å². The van der Waals surface area contributed by atoms with Gasteiger partial charge < -0.3 is 9.32 Å². The Morgan fingerprint density at radius 3 is 2.60 bits per heavy atom. The standard InChI is InChI=1S/C19H26N2O4/c1-2-14-7-8-16(25-14)15-6-4-3-5-12-20(15)19(24)11-13-21-17(22)9-10-18(21)23/h7-8,15H,2-6,9-13H2,1H3/t15-/m1/s1. The Bertz CT molecular complexity index is 636. The molecular weight excluding hydrogens is 320 g/mol. The summed E-state index contributed by atoms with van der Waals surface area (Å²) < 4.78 is 5.91. The topological polar surface area (TPSA) is 70.8 Å². The monoisotopic (exact) mass is 346 g/mol. The minimum absolute atomic E-state index is 0.00570. The van der Waals surface area contributed by atoms with E-state index in [9.17, 15) is 14.4 Å². The van der Waals surface area contributed by atoms with Gasteiger partial charge in [0.1, 0.15) is 11.5 Å². The van der Waals surface area contributed by atoms with Crippen molar-refractivity contribution in [1.29, 1.82) is 0 Å². The third-order valence-electron chi connectivity index (χ3n) is 5.14. The Balaban J connectivity index is 1.68. The van der Waals surface area contributed by atoms with Gasteiger partial charge in [-0.05, 0) is 25.0 Å². The lowest BCUT2D eigenvalue weighted by Gasteiger charge is -2.29. The molecule has 3 rings (SSSR count). The molecule has 2 aliphatic rings. The molecule has 2 fully saturated rings. The summed E-state index contributed by atoms with van der Waals surface area (Å²) in [7, 11) is 0. The normalized spacial score (nSPS) is 21.7. The molecule has 6 heteroatoms. The first-order valence-electron chi connectivity index (χ1n) is 9.31. The van der Waals surface area contributed by atoms with E-state index in [1.54, 1.807) is 0 Å². The number of hydrogen-bond donors (Lipinski definition) is 0. The average Bonchev–Trinajstić information content (AvgIpc) is 3.12. The Kier molecular flexibility index (Phi) is 5.56. The summed E-state index contributed by atoms with van der Waals surface area (Å²) in [6, 6.07) is 3.91. The zero-order valence-corrected chi connectivity index (χ0v) is 14.8. The van der Waals surface area contributed by atoms with E-state index in [0.717, 1.165) is 43.6 Å². The van der Waals surface area contributed by atoms with Crippen LogP contribution in [0.1, 0.15) is 69.4 Å². The van der Waals surface area contributed by atoms with Crippen molar-refractivity contribution in [3.8, 4) is 0 Å². The van der Waals surface area contributed by atoms with Gasteiger partial charge in [0.05, 0.1) is 6.04 Å². The fraction of sp³-hybridized carbons (Fsp3) is 0.632. The molecule has 1 aromatic heterocycles. The summed E-state index contributed by atoms with van der Waals surface area (Å²) in [5.74, 6) is 1.45. The maximum Gasteiger partial charge on any atom is 0.229 e. The van der Waals surface area contributed by atoms with Crippen molar-refractivity contribution in [2.75, 3.05) is 13.1 Å². The lowest BCUT2D eigenvalue weighted by Crippen LogP contribution is -2.38. The third kappa shape index (κ3) is 3.94. The van der Waals surface area contributed by atoms with Crippen molar-refractivity contribution in [3.05, 3.63) is 23.7 Å². The van der Waals surface area contributed by atoms with Gasteiger partial charge in [0, 0.05) is 38.8 Å². The summed E-state index contributed by atoms with van der Waals surface area (Å²) in [5.41, 5.74) is 0. The van der Waals surface area contributed by atoms with Gasteiger partial charge in [-0.25, -0.2) is 0 Å². The maximum absolute atomic E-state index is 12.8. The first-order valence-corrected chi connectivity index (χ1v) is 9.31. The number of nitrogens with zero attached hydrogens (tertiary/aromatic N) is 2. The van der Waals surface area contributed by atoms with Crippen LogP contribution in [-0.2, 0) is 20.8 Å². The van der Waals surface area contributed by atoms with E-state index in [1.807, 2.05) is 24.0 Å². The third-order valence-corrected chi connectivity index (χ3v) is 5.14. The van der Waals surface area contributed by atoms with Crippen LogP contribution in [0.4, 0.5) is 0 Å². The SMILES string of the molecule is CCc1ccc([C@H]2CCCCCN2C(=O)CCN2C(=O)CCC2=O)o1. The highest BCUT2D eigenvalue weighted by molar-refractivity contribution is 6.02. The van der Waals surface area contributed by atoms with E-state index in [-0.39, 0.29) is 49.6 Å². The van der Waals surface area contributed by atoms with Crippen LogP contribution < -0.4 is 0 Å². The van der Waals surface area contributed by atoms with Crippen LogP contribution in [-0.4, -0.2) is 40.6 Å².